The number of rotatable bonds is 40. The number of ether oxygens (including phenoxy) is 3. The lowest BCUT2D eigenvalue weighted by Crippen LogP contribution is -2.36. The molecule has 8 atom stereocenters. The quantitative estimate of drug-likeness (QED) is 0.0118. The highest BCUT2D eigenvalue weighted by atomic mass is 31.3. The first-order chi connectivity index (χ1) is 33.1. The number of aromatic nitrogens is 2. The third-order valence-electron chi connectivity index (χ3n) is 11.0. The number of nitrogens with zero attached hydrogens (tertiary/aromatic N) is 2. The fourth-order valence-corrected chi connectivity index (χ4v) is 9.23. The van der Waals surface area contributed by atoms with E-state index in [0.29, 0.717) is 6.42 Å². The van der Waals surface area contributed by atoms with Gasteiger partial charge in [0.15, 0.2) is 12.3 Å². The van der Waals surface area contributed by atoms with Gasteiger partial charge in [-0.05, 0) is 51.0 Å². The van der Waals surface area contributed by atoms with Crippen LogP contribution >= 0.6 is 15.6 Å². The lowest BCUT2D eigenvalue weighted by Gasteiger charge is -2.21. The van der Waals surface area contributed by atoms with Crippen molar-refractivity contribution >= 4 is 33.4 Å². The third kappa shape index (κ3) is 29.6. The van der Waals surface area contributed by atoms with Crippen molar-refractivity contribution in [3.8, 4) is 0 Å². The smallest absolute Gasteiger partial charge is 0.462 e. The summed E-state index contributed by atoms with van der Waals surface area (Å²) < 4.78 is 56.5. The number of nitrogens with two attached hydrogens (primary N) is 1. The average molecular weight is 1020 g/mol. The zero-order valence-electron chi connectivity index (χ0n) is 40.7. The Morgan fingerprint density at radius 2 is 1.35 bits per heavy atom. The summed E-state index contributed by atoms with van der Waals surface area (Å²) in [6, 6.07) is 1.24. The number of phosphoric ester groups is 2. The van der Waals surface area contributed by atoms with E-state index in [1.54, 1.807) is 12.2 Å². The summed E-state index contributed by atoms with van der Waals surface area (Å²) in [6.07, 6.45) is 29.4. The minimum atomic E-state index is -5.47. The lowest BCUT2D eigenvalue weighted by molar-refractivity contribution is -0.161. The van der Waals surface area contributed by atoms with E-state index in [2.05, 4.69) is 47.4 Å². The molecule has 0 saturated carbocycles. The number of allylic oxidation sites excluding steroid dienone is 7. The average Bonchev–Trinajstić information content (AvgIpc) is 3.58. The molecule has 394 valence electrons. The van der Waals surface area contributed by atoms with E-state index in [-0.39, 0.29) is 31.5 Å². The largest absolute Gasteiger partial charge is 0.481 e. The first-order valence-electron chi connectivity index (χ1n) is 24.8. The summed E-state index contributed by atoms with van der Waals surface area (Å²) in [5.74, 6) is -1.51. The second-order valence-corrected chi connectivity index (χ2v) is 20.2. The molecule has 1 aromatic heterocycles. The minimum absolute atomic E-state index is 0.0881. The van der Waals surface area contributed by atoms with Crippen molar-refractivity contribution in [2.45, 2.75) is 198 Å². The zero-order chi connectivity index (χ0) is 50.8. The highest BCUT2D eigenvalue weighted by Gasteiger charge is 2.46. The normalized spacial score (nSPS) is 20.2. The van der Waals surface area contributed by atoms with Gasteiger partial charge in [0.25, 0.3) is 0 Å². The SMILES string of the molecule is CCCCC/C=C\C/C=C\C/C=C\C=C\[C@H](O)CCCC(=O)O[C@H](COC(=O)CCCCCCCCCCCCCCC)COP(=O)(O)OP(=O)(O)OC[C@H]1O[C@@H](n2ccc(N)nc2=O)[C@H](O)[C@@H]1O. The topological polar surface area (TPSA) is 286 Å². The fraction of sp³-hybridized carbons (Fsp3) is 0.708. The number of anilines is 1. The number of aliphatic hydroxyl groups is 3. The maximum atomic E-state index is 12.9. The number of carbonyl (C=O) groups excluding carboxylic acids is 2. The molecule has 0 spiro atoms. The Kier molecular flexibility index (Phi) is 32.8. The van der Waals surface area contributed by atoms with Gasteiger partial charge in [0.1, 0.15) is 30.7 Å². The third-order valence-corrected chi connectivity index (χ3v) is 13.6. The summed E-state index contributed by atoms with van der Waals surface area (Å²) in [5.41, 5.74) is 4.57. The molecule has 1 aromatic rings. The maximum Gasteiger partial charge on any atom is 0.481 e. The second-order valence-electron chi connectivity index (χ2n) is 17.2. The Morgan fingerprint density at radius 1 is 0.768 bits per heavy atom. The van der Waals surface area contributed by atoms with Crippen LogP contribution in [0.2, 0.25) is 0 Å². The zero-order valence-corrected chi connectivity index (χ0v) is 42.5. The van der Waals surface area contributed by atoms with Gasteiger partial charge in [-0.2, -0.15) is 9.29 Å². The Hall–Kier alpha value is -3.32. The van der Waals surface area contributed by atoms with Crippen LogP contribution in [0.25, 0.3) is 0 Å². The number of hydrogen-bond donors (Lipinski definition) is 6. The number of carbonyl (C=O) groups is 2. The molecule has 0 bridgehead atoms. The van der Waals surface area contributed by atoms with E-state index in [9.17, 15) is 48.6 Å². The molecule has 1 fully saturated rings. The van der Waals surface area contributed by atoms with E-state index in [4.69, 9.17) is 29.0 Å². The van der Waals surface area contributed by atoms with Crippen LogP contribution in [0.5, 0.6) is 0 Å². The Balaban J connectivity index is 1.87. The predicted molar refractivity (Wildman–Crippen MR) is 262 cm³/mol. The van der Waals surface area contributed by atoms with Crippen molar-refractivity contribution in [1.29, 1.82) is 0 Å². The van der Waals surface area contributed by atoms with Gasteiger partial charge in [0.05, 0.1) is 19.3 Å². The van der Waals surface area contributed by atoms with Crippen LogP contribution < -0.4 is 11.4 Å². The summed E-state index contributed by atoms with van der Waals surface area (Å²) in [7, 11) is -10.9. The van der Waals surface area contributed by atoms with Crippen molar-refractivity contribution in [3.63, 3.8) is 0 Å². The van der Waals surface area contributed by atoms with Crippen LogP contribution in [0.3, 0.4) is 0 Å². The number of esters is 2. The minimum Gasteiger partial charge on any atom is -0.462 e. The molecule has 0 aromatic carbocycles. The molecule has 21 heteroatoms. The van der Waals surface area contributed by atoms with Gasteiger partial charge in [-0.3, -0.25) is 23.2 Å². The van der Waals surface area contributed by atoms with Crippen LogP contribution in [0.1, 0.15) is 168 Å². The van der Waals surface area contributed by atoms with Crippen molar-refractivity contribution in [2.24, 2.45) is 0 Å². The van der Waals surface area contributed by atoms with Crippen LogP contribution in [0, 0.1) is 0 Å². The molecule has 2 unspecified atom stereocenters. The molecular weight excluding hydrogens is 936 g/mol. The second kappa shape index (κ2) is 36.6. The molecule has 0 amide bonds. The van der Waals surface area contributed by atoms with Gasteiger partial charge >= 0.3 is 33.3 Å². The molecule has 0 aliphatic carbocycles. The molecule has 1 aliphatic heterocycles. The molecule has 1 aliphatic rings. The maximum absolute atomic E-state index is 12.9. The molecule has 7 N–H and O–H groups in total. The summed E-state index contributed by atoms with van der Waals surface area (Å²) in [6.45, 7) is 1.93. The fourth-order valence-electron chi connectivity index (χ4n) is 7.12. The monoisotopic (exact) mass is 1020 g/mol. The Morgan fingerprint density at radius 3 is 2.00 bits per heavy atom. The van der Waals surface area contributed by atoms with Gasteiger partial charge in [-0.1, -0.05) is 152 Å². The highest BCUT2D eigenvalue weighted by molar-refractivity contribution is 7.61. The Bertz CT molecular complexity index is 1860. The van der Waals surface area contributed by atoms with Gasteiger partial charge in [-0.15, -0.1) is 0 Å². The van der Waals surface area contributed by atoms with Crippen LogP contribution in [-0.4, -0.2) is 96.9 Å². The van der Waals surface area contributed by atoms with E-state index in [1.807, 2.05) is 12.2 Å². The van der Waals surface area contributed by atoms with Crippen LogP contribution in [0.4, 0.5) is 5.82 Å². The predicted octanol–water partition coefficient (Wildman–Crippen LogP) is 8.75. The van der Waals surface area contributed by atoms with Gasteiger partial charge in [0, 0.05) is 19.0 Å². The molecule has 1 saturated heterocycles. The van der Waals surface area contributed by atoms with Crippen LogP contribution in [0.15, 0.2) is 65.7 Å². The van der Waals surface area contributed by atoms with Gasteiger partial charge in [0.2, 0.25) is 0 Å². The molecule has 0 radical (unpaired) electrons. The molecule has 69 heavy (non-hydrogen) atoms. The summed E-state index contributed by atoms with van der Waals surface area (Å²) >= 11 is 0. The molecule has 19 nitrogen and oxygen atoms in total. The van der Waals surface area contributed by atoms with Crippen molar-refractivity contribution in [1.82, 2.24) is 9.55 Å². The van der Waals surface area contributed by atoms with E-state index in [0.717, 1.165) is 55.7 Å². The van der Waals surface area contributed by atoms with E-state index >= 15 is 0 Å². The summed E-state index contributed by atoms with van der Waals surface area (Å²) in [4.78, 5) is 61.8. The summed E-state index contributed by atoms with van der Waals surface area (Å²) in [5, 5.41) is 31.3. The molecule has 2 rings (SSSR count). The van der Waals surface area contributed by atoms with Crippen molar-refractivity contribution in [3.05, 3.63) is 71.4 Å². The van der Waals surface area contributed by atoms with Crippen molar-refractivity contribution < 1.29 is 71.4 Å². The standard InChI is InChI=1S/C48H81N3O16P2/c1-3-5-7-9-11-13-15-17-19-21-23-25-27-30-39(52)31-29-33-44(54)65-40(36-62-43(53)32-28-26-24-22-20-18-16-14-12-10-8-6-4-2)37-63-68(58,59)67-69(60,61)64-38-41-45(55)46(56)47(66-41)51-35-34-42(49)50-48(51)57/h11,13,17,19,23,25,27,30,34-35,39-41,45-47,52,55-56H,3-10,12,14-16,18,20-22,24,26,28-29,31-33,36-38H2,1-2H3,(H,58,59)(H,60,61)(H2,49,50,57)/b13-11-,19-17-,25-23-,30-27+/t39-,40+,41+,45+,46+,47+/m0/s1. The van der Waals surface area contributed by atoms with Crippen molar-refractivity contribution in [2.75, 3.05) is 25.6 Å². The number of nitrogen functional groups attached to an aromatic ring is 1. The first-order valence-corrected chi connectivity index (χ1v) is 27.7. The lowest BCUT2D eigenvalue weighted by atomic mass is 10.0. The number of aliphatic hydroxyl groups excluding tert-OH is 3. The Labute approximate surface area is 408 Å². The number of phosphoric acid groups is 2. The number of unbranched alkanes of at least 4 members (excludes halogenated alkanes) is 15. The van der Waals surface area contributed by atoms with Gasteiger partial charge in [-0.25, -0.2) is 13.9 Å². The molecule has 2 heterocycles. The first kappa shape index (κ1) is 61.8. The van der Waals surface area contributed by atoms with E-state index in [1.165, 1.54) is 76.7 Å². The van der Waals surface area contributed by atoms with Gasteiger partial charge < -0.3 is 45.1 Å². The van der Waals surface area contributed by atoms with E-state index < -0.39 is 89.8 Å². The number of hydrogen-bond acceptors (Lipinski definition) is 16. The molecular formula is C48H81N3O16P2. The highest BCUT2D eigenvalue weighted by Crippen LogP contribution is 2.60. The van der Waals surface area contributed by atoms with Crippen LogP contribution in [-0.2, 0) is 46.3 Å².